The van der Waals surface area contributed by atoms with E-state index >= 15 is 0 Å². The molecule has 0 nitrogen and oxygen atoms in total. The highest BCUT2D eigenvalue weighted by Gasteiger charge is 2.71. The van der Waals surface area contributed by atoms with E-state index in [1.165, 1.54) is 0 Å². The molecule has 0 aliphatic carbocycles. The fraction of sp³-hybridized carbons (Fsp3) is 1.00. The fourth-order valence-corrected chi connectivity index (χ4v) is 54.5. The van der Waals surface area contributed by atoms with Crippen LogP contribution in [-0.2, 0) is 0 Å². The van der Waals surface area contributed by atoms with Crippen LogP contribution in [0.15, 0.2) is 0 Å². The molecule has 0 rings (SSSR count). The lowest BCUT2D eigenvalue weighted by molar-refractivity contribution is 0.615. The normalized spacial score (nSPS) is 16.5. The third-order valence-electron chi connectivity index (χ3n) is 4.61. The first kappa shape index (κ1) is 21.9. The van der Waals surface area contributed by atoms with Crippen LogP contribution < -0.4 is 0 Å². The molecule has 122 valence electrons. The van der Waals surface area contributed by atoms with E-state index in [4.69, 9.17) is 0 Å². The van der Waals surface area contributed by atoms with Gasteiger partial charge in [0.05, 0.1) is 0 Å². The van der Waals surface area contributed by atoms with E-state index < -0.39 is 10.2 Å². The molecule has 0 aromatic heterocycles. The van der Waals surface area contributed by atoms with Gasteiger partial charge in [-0.2, -0.15) is 0 Å². The van der Waals surface area contributed by atoms with Crippen LogP contribution in [-0.4, -0.2) is 10.2 Å². The van der Waals surface area contributed by atoms with E-state index in [9.17, 15) is 0 Å². The third-order valence-corrected chi connectivity index (χ3v) is 68.9. The van der Waals surface area contributed by atoms with Crippen molar-refractivity contribution in [3.8, 4) is 0 Å². The maximum Gasteiger partial charge on any atom is 0.141 e. The Hall–Kier alpha value is 1.89. The predicted molar refractivity (Wildman–Crippen MR) is 118 cm³/mol. The summed E-state index contributed by atoms with van der Waals surface area (Å²) in [6.07, 6.45) is 0. The Bertz CT molecular complexity index is 285. The lowest BCUT2D eigenvalue weighted by Gasteiger charge is -2.64. The quantitative estimate of drug-likeness (QED) is 0.180. The SMILES string of the molecule is CC(C)(C)[Si](I)(C(C)(C)C)[Si](I)(C(C)(C)C)C(C)(C)C. The summed E-state index contributed by atoms with van der Waals surface area (Å²) in [6.45, 7) is 30.1. The van der Waals surface area contributed by atoms with Gasteiger partial charge in [-0.1, -0.05) is 83.1 Å². The second kappa shape index (κ2) is 5.76. The van der Waals surface area contributed by atoms with Crippen molar-refractivity contribution in [2.24, 2.45) is 0 Å². The Morgan fingerprint density at radius 1 is 0.400 bits per heavy atom. The van der Waals surface area contributed by atoms with Gasteiger partial charge in [-0.05, 0) is 20.2 Å². The van der Waals surface area contributed by atoms with E-state index in [0.29, 0.717) is 20.2 Å². The molecule has 0 saturated heterocycles. The average molecular weight is 538 g/mol. The molecule has 0 unspecified atom stereocenters. The van der Waals surface area contributed by atoms with Crippen LogP contribution in [0.3, 0.4) is 0 Å². The van der Waals surface area contributed by atoms with E-state index in [1.54, 1.807) is 0 Å². The molecule has 0 aromatic carbocycles. The summed E-state index contributed by atoms with van der Waals surface area (Å²) in [5.74, 6) is 0. The number of halogens is 2. The average Bonchev–Trinajstić information content (AvgIpc) is 2.07. The van der Waals surface area contributed by atoms with Crippen molar-refractivity contribution < 1.29 is 0 Å². The lowest BCUT2D eigenvalue weighted by Crippen LogP contribution is -2.72. The largest absolute Gasteiger partial charge is 0.141 e. The summed E-state index contributed by atoms with van der Waals surface area (Å²) < 4.78 is 0. The molecule has 0 spiro atoms. The molecule has 0 aromatic rings. The van der Waals surface area contributed by atoms with Crippen LogP contribution >= 0.6 is 43.6 Å². The summed E-state index contributed by atoms with van der Waals surface area (Å²) in [7, 11) is 0. The van der Waals surface area contributed by atoms with Crippen molar-refractivity contribution in [2.75, 3.05) is 0 Å². The van der Waals surface area contributed by atoms with E-state index in [0.717, 1.165) is 0 Å². The lowest BCUT2D eigenvalue weighted by atomic mass is 10.2. The predicted octanol–water partition coefficient (Wildman–Crippen LogP) is 8.03. The van der Waals surface area contributed by atoms with E-state index in [1.807, 2.05) is 0 Å². The fourth-order valence-electron chi connectivity index (χ4n) is 4.32. The number of hydrogen-bond acceptors (Lipinski definition) is 0. The van der Waals surface area contributed by atoms with Crippen LogP contribution in [0, 0.1) is 0 Å². The van der Waals surface area contributed by atoms with Crippen molar-refractivity contribution in [2.45, 2.75) is 103 Å². The minimum Gasteiger partial charge on any atom is -0.120 e. The van der Waals surface area contributed by atoms with Crippen molar-refractivity contribution in [1.82, 2.24) is 0 Å². The molecule has 0 heterocycles. The number of rotatable bonds is 1. The molecule has 0 N–H and O–H groups in total. The topological polar surface area (TPSA) is 0 Å². The van der Waals surface area contributed by atoms with Crippen LogP contribution in [0.4, 0.5) is 0 Å². The Balaban J connectivity index is 6.71. The first-order valence-electron chi connectivity index (χ1n) is 7.63. The molecule has 0 fully saturated rings. The zero-order valence-corrected chi connectivity index (χ0v) is 22.1. The second-order valence-electron chi connectivity index (χ2n) is 10.3. The molecule has 0 amide bonds. The second-order valence-corrected chi connectivity index (χ2v) is 39.3. The van der Waals surface area contributed by atoms with Crippen molar-refractivity contribution in [3.63, 3.8) is 0 Å². The van der Waals surface area contributed by atoms with Crippen molar-refractivity contribution in [3.05, 3.63) is 0 Å². The molecule has 0 saturated carbocycles. The van der Waals surface area contributed by atoms with Gasteiger partial charge >= 0.3 is 0 Å². The van der Waals surface area contributed by atoms with E-state index in [2.05, 4.69) is 127 Å². The molecule has 4 heteroatoms. The molecule has 0 atom stereocenters. The van der Waals surface area contributed by atoms with Gasteiger partial charge in [0, 0.05) is 0 Å². The standard InChI is InChI=1S/C16H36I2Si2/c1-13(2,3)19(17,14(4,5)6)20(18,15(7,8)9)16(10,11)12/h1-12H3. The highest BCUT2D eigenvalue weighted by molar-refractivity contribution is 14.2. The molecule has 0 bridgehead atoms. The van der Waals surface area contributed by atoms with Gasteiger partial charge in [-0.25, -0.2) is 0 Å². The molecule has 0 radical (unpaired) electrons. The minimum atomic E-state index is -1.58. The monoisotopic (exact) mass is 538 g/mol. The van der Waals surface area contributed by atoms with Gasteiger partial charge in [0.25, 0.3) is 0 Å². The van der Waals surface area contributed by atoms with Gasteiger partial charge in [0.15, 0.2) is 0 Å². The summed E-state index contributed by atoms with van der Waals surface area (Å²) in [5, 5.41) is -1.50. The highest BCUT2D eigenvalue weighted by atomic mass is 127. The third kappa shape index (κ3) is 3.23. The molecule has 0 aliphatic heterocycles. The van der Waals surface area contributed by atoms with Gasteiger partial charge in [-0.15, -0.1) is 43.6 Å². The molecular weight excluding hydrogens is 502 g/mol. The Morgan fingerprint density at radius 3 is 0.550 bits per heavy atom. The van der Waals surface area contributed by atoms with Gasteiger partial charge in [0.1, 0.15) is 10.2 Å². The van der Waals surface area contributed by atoms with Crippen molar-refractivity contribution >= 4 is 53.8 Å². The highest BCUT2D eigenvalue weighted by Crippen LogP contribution is 2.71. The Kier molecular flexibility index (Phi) is 6.30. The molecule has 20 heavy (non-hydrogen) atoms. The van der Waals surface area contributed by atoms with Gasteiger partial charge in [-0.3, -0.25) is 0 Å². The van der Waals surface area contributed by atoms with Crippen LogP contribution in [0.25, 0.3) is 0 Å². The minimum absolute atomic E-state index is 0.416. The molecular formula is C16H36I2Si2. The molecule has 0 aliphatic rings. The first-order valence-corrected chi connectivity index (χ1v) is 18.9. The summed E-state index contributed by atoms with van der Waals surface area (Å²) in [6, 6.07) is 0. The maximum absolute atomic E-state index is 3.01. The van der Waals surface area contributed by atoms with Crippen LogP contribution in [0.2, 0.25) is 20.2 Å². The smallest absolute Gasteiger partial charge is 0.120 e. The van der Waals surface area contributed by atoms with Crippen molar-refractivity contribution in [1.29, 1.82) is 0 Å². The summed E-state index contributed by atoms with van der Waals surface area (Å²) in [5.41, 5.74) is 0. The zero-order valence-electron chi connectivity index (χ0n) is 15.8. The van der Waals surface area contributed by atoms with Gasteiger partial charge < -0.3 is 0 Å². The summed E-state index contributed by atoms with van der Waals surface area (Å²) >= 11 is 6.02. The Morgan fingerprint density at radius 2 is 0.500 bits per heavy atom. The zero-order chi connectivity index (χ0) is 17.0. The Labute approximate surface area is 155 Å². The van der Waals surface area contributed by atoms with Crippen LogP contribution in [0.5, 0.6) is 0 Å². The van der Waals surface area contributed by atoms with Crippen LogP contribution in [0.1, 0.15) is 83.1 Å². The first-order chi connectivity index (χ1) is 8.25. The number of hydrogen-bond donors (Lipinski definition) is 0. The maximum atomic E-state index is 3.01. The van der Waals surface area contributed by atoms with Gasteiger partial charge in [0.2, 0.25) is 0 Å². The summed E-state index contributed by atoms with van der Waals surface area (Å²) in [4.78, 5) is 0. The van der Waals surface area contributed by atoms with E-state index in [-0.39, 0.29) is 0 Å².